The van der Waals surface area contributed by atoms with E-state index in [4.69, 9.17) is 4.98 Å². The summed E-state index contributed by atoms with van der Waals surface area (Å²) in [6.45, 7) is 2.74. The van der Waals surface area contributed by atoms with Gasteiger partial charge in [0.1, 0.15) is 10.7 Å². The average molecular weight is 474 g/mol. The first kappa shape index (κ1) is 22.4. The number of H-pyrrole nitrogens is 1. The quantitative estimate of drug-likeness (QED) is 0.348. The Balaban J connectivity index is 1.18. The van der Waals surface area contributed by atoms with Gasteiger partial charge >= 0.3 is 0 Å². The van der Waals surface area contributed by atoms with Crippen molar-refractivity contribution in [1.29, 1.82) is 0 Å². The van der Waals surface area contributed by atoms with Gasteiger partial charge in [0.15, 0.2) is 0 Å². The van der Waals surface area contributed by atoms with Crippen LogP contribution in [0.2, 0.25) is 0 Å². The summed E-state index contributed by atoms with van der Waals surface area (Å²) in [6, 6.07) is 8.43. The molecule has 0 unspecified atom stereocenters. The Kier molecular flexibility index (Phi) is 7.74. The van der Waals surface area contributed by atoms with E-state index < -0.39 is 0 Å². The van der Waals surface area contributed by atoms with Crippen molar-refractivity contribution in [2.45, 2.75) is 49.7 Å². The van der Waals surface area contributed by atoms with Crippen LogP contribution in [0.3, 0.4) is 0 Å². The summed E-state index contributed by atoms with van der Waals surface area (Å²) in [7, 11) is 0. The van der Waals surface area contributed by atoms with Crippen molar-refractivity contribution < 1.29 is 4.79 Å². The number of aromatic nitrogens is 2. The molecule has 1 aromatic carbocycles. The lowest BCUT2D eigenvalue weighted by molar-refractivity contribution is -0.120. The molecule has 2 heterocycles. The van der Waals surface area contributed by atoms with Crippen LogP contribution in [-0.2, 0) is 23.4 Å². The SMILES string of the molecule is Cc1ccc(SCCNC(=O)CCSCc2nc3sc4c(c3c(=O)[nH]2)CCCC4)cc1. The van der Waals surface area contributed by atoms with Crippen molar-refractivity contribution in [2.75, 3.05) is 18.1 Å². The molecular formula is C23H27N3O2S3. The highest BCUT2D eigenvalue weighted by atomic mass is 32.2. The van der Waals surface area contributed by atoms with Gasteiger partial charge in [0.25, 0.3) is 5.56 Å². The smallest absolute Gasteiger partial charge is 0.259 e. The summed E-state index contributed by atoms with van der Waals surface area (Å²) in [4.78, 5) is 35.7. The molecule has 0 radical (unpaired) electrons. The Labute approximate surface area is 194 Å². The summed E-state index contributed by atoms with van der Waals surface area (Å²) < 4.78 is 0. The first-order valence-corrected chi connectivity index (χ1v) is 13.6. The van der Waals surface area contributed by atoms with Crippen molar-refractivity contribution in [3.05, 3.63) is 56.4 Å². The van der Waals surface area contributed by atoms with Gasteiger partial charge in [-0.05, 0) is 50.3 Å². The molecule has 164 valence electrons. The molecule has 3 aromatic rings. The van der Waals surface area contributed by atoms with Crippen molar-refractivity contribution in [3.8, 4) is 0 Å². The monoisotopic (exact) mass is 473 g/mol. The highest BCUT2D eigenvalue weighted by Crippen LogP contribution is 2.33. The molecule has 0 bridgehead atoms. The van der Waals surface area contributed by atoms with Crippen LogP contribution < -0.4 is 10.9 Å². The van der Waals surface area contributed by atoms with Crippen LogP contribution in [0.4, 0.5) is 0 Å². The van der Waals surface area contributed by atoms with E-state index in [1.807, 2.05) is 0 Å². The second kappa shape index (κ2) is 10.7. The molecule has 0 saturated carbocycles. The summed E-state index contributed by atoms with van der Waals surface area (Å²) in [6.07, 6.45) is 4.89. The average Bonchev–Trinajstić information content (AvgIpc) is 3.14. The normalized spacial score (nSPS) is 13.3. The molecule has 5 nitrogen and oxygen atoms in total. The fraction of sp³-hybridized carbons (Fsp3) is 0.435. The molecule has 0 saturated heterocycles. The molecule has 0 aliphatic heterocycles. The molecule has 0 atom stereocenters. The number of carbonyl (C=O) groups is 1. The fourth-order valence-electron chi connectivity index (χ4n) is 3.69. The van der Waals surface area contributed by atoms with Gasteiger partial charge in [0.05, 0.1) is 11.1 Å². The third-order valence-corrected chi connectivity index (χ3v) is 8.47. The van der Waals surface area contributed by atoms with Crippen LogP contribution >= 0.6 is 34.9 Å². The zero-order valence-electron chi connectivity index (χ0n) is 17.7. The zero-order valence-corrected chi connectivity index (χ0v) is 20.1. The second-order valence-electron chi connectivity index (χ2n) is 7.72. The number of benzene rings is 1. The van der Waals surface area contributed by atoms with Gasteiger partial charge in [-0.15, -0.1) is 23.1 Å². The van der Waals surface area contributed by atoms with E-state index in [0.29, 0.717) is 30.3 Å². The van der Waals surface area contributed by atoms with Gasteiger partial charge < -0.3 is 10.3 Å². The van der Waals surface area contributed by atoms with Crippen LogP contribution in [0.1, 0.15) is 41.1 Å². The van der Waals surface area contributed by atoms with E-state index in [0.717, 1.165) is 35.2 Å². The predicted molar refractivity (Wildman–Crippen MR) is 133 cm³/mol. The summed E-state index contributed by atoms with van der Waals surface area (Å²) in [5, 5.41) is 3.78. The third-order valence-electron chi connectivity index (χ3n) is 5.30. The molecule has 2 N–H and O–H groups in total. The number of hydrogen-bond acceptors (Lipinski definition) is 6. The lowest BCUT2D eigenvalue weighted by atomic mass is 9.97. The lowest BCUT2D eigenvalue weighted by Gasteiger charge is -2.09. The van der Waals surface area contributed by atoms with Crippen molar-refractivity contribution >= 4 is 51.0 Å². The first-order valence-electron chi connectivity index (χ1n) is 10.7. The number of aryl methyl sites for hydroxylation is 3. The van der Waals surface area contributed by atoms with Crippen LogP contribution in [-0.4, -0.2) is 33.9 Å². The molecular weight excluding hydrogens is 446 g/mol. The van der Waals surface area contributed by atoms with E-state index in [-0.39, 0.29) is 11.5 Å². The number of fused-ring (bicyclic) bond motifs is 3. The zero-order chi connectivity index (χ0) is 21.6. The largest absolute Gasteiger partial charge is 0.355 e. The molecule has 1 amide bonds. The topological polar surface area (TPSA) is 74.8 Å². The molecule has 1 aliphatic rings. The number of nitrogens with one attached hydrogen (secondary N) is 2. The Morgan fingerprint density at radius 1 is 1.19 bits per heavy atom. The van der Waals surface area contributed by atoms with Crippen molar-refractivity contribution in [3.63, 3.8) is 0 Å². The molecule has 0 fully saturated rings. The number of thioether (sulfide) groups is 2. The number of thiophene rings is 1. The summed E-state index contributed by atoms with van der Waals surface area (Å²) >= 11 is 5.05. The maximum absolute atomic E-state index is 12.6. The van der Waals surface area contributed by atoms with Crippen LogP contribution in [0.25, 0.3) is 10.2 Å². The lowest BCUT2D eigenvalue weighted by Crippen LogP contribution is -2.25. The number of amides is 1. The second-order valence-corrected chi connectivity index (χ2v) is 11.1. The van der Waals surface area contributed by atoms with E-state index in [1.165, 1.54) is 27.3 Å². The Bertz CT molecular complexity index is 1110. The minimum atomic E-state index is -0.0104. The first-order chi connectivity index (χ1) is 15.1. The predicted octanol–water partition coefficient (Wildman–Crippen LogP) is 4.70. The van der Waals surface area contributed by atoms with Crippen LogP contribution in [0.15, 0.2) is 34.0 Å². The van der Waals surface area contributed by atoms with Crippen LogP contribution in [0, 0.1) is 6.92 Å². The van der Waals surface area contributed by atoms with Gasteiger partial charge in [-0.25, -0.2) is 4.98 Å². The third kappa shape index (κ3) is 5.93. The molecule has 1 aliphatic carbocycles. The minimum absolute atomic E-state index is 0.0104. The van der Waals surface area contributed by atoms with E-state index >= 15 is 0 Å². The van der Waals surface area contributed by atoms with Gasteiger partial charge in [0.2, 0.25) is 5.91 Å². The number of rotatable bonds is 9. The molecule has 8 heteroatoms. The van der Waals surface area contributed by atoms with Gasteiger partial charge in [-0.2, -0.15) is 11.8 Å². The van der Waals surface area contributed by atoms with E-state index in [1.54, 1.807) is 34.9 Å². The standard InChI is InChI=1S/C23H27N3O2S3/c1-15-6-8-16(9-7-15)30-13-11-24-20(27)10-12-29-14-19-25-22(28)21-17-4-2-3-5-18(17)31-23(21)26-19/h6-9H,2-5,10-14H2,1H3,(H,24,27)(H,25,26,28). The minimum Gasteiger partial charge on any atom is -0.355 e. The van der Waals surface area contributed by atoms with Gasteiger partial charge in [-0.1, -0.05) is 17.7 Å². The highest BCUT2D eigenvalue weighted by Gasteiger charge is 2.19. The van der Waals surface area contributed by atoms with Gasteiger partial charge in [-0.3, -0.25) is 9.59 Å². The number of nitrogens with zero attached hydrogens (tertiary/aromatic N) is 1. The van der Waals surface area contributed by atoms with Crippen molar-refractivity contribution in [2.24, 2.45) is 0 Å². The van der Waals surface area contributed by atoms with Gasteiger partial charge in [0, 0.05) is 34.2 Å². The summed E-state index contributed by atoms with van der Waals surface area (Å²) in [5.41, 5.74) is 2.46. The Morgan fingerprint density at radius 2 is 2.00 bits per heavy atom. The molecule has 31 heavy (non-hydrogen) atoms. The number of hydrogen-bond donors (Lipinski definition) is 2. The summed E-state index contributed by atoms with van der Waals surface area (Å²) in [5.74, 6) is 2.96. The maximum atomic E-state index is 12.6. The number of aromatic amines is 1. The molecule has 4 rings (SSSR count). The van der Waals surface area contributed by atoms with E-state index in [9.17, 15) is 9.59 Å². The molecule has 0 spiro atoms. The van der Waals surface area contributed by atoms with Crippen molar-refractivity contribution in [1.82, 2.24) is 15.3 Å². The molecule has 2 aromatic heterocycles. The maximum Gasteiger partial charge on any atom is 0.259 e. The Morgan fingerprint density at radius 3 is 2.84 bits per heavy atom. The highest BCUT2D eigenvalue weighted by molar-refractivity contribution is 7.99. The fourth-order valence-corrected chi connectivity index (χ4v) is 6.55. The van der Waals surface area contributed by atoms with E-state index in [2.05, 4.69) is 41.5 Å². The van der Waals surface area contributed by atoms with Crippen LogP contribution in [0.5, 0.6) is 0 Å². The number of carbonyl (C=O) groups excluding carboxylic acids is 1. The Hall–Kier alpha value is -1.77.